The number of nitrogens with zero attached hydrogens (tertiary/aromatic N) is 2. The molecule has 138 valence electrons. The molecule has 0 N–H and O–H groups in total. The Labute approximate surface area is 166 Å². The van der Waals surface area contributed by atoms with E-state index in [0.29, 0.717) is 21.0 Å². The molecule has 3 rings (SSSR count). The van der Waals surface area contributed by atoms with Crippen LogP contribution in [0.3, 0.4) is 0 Å². The summed E-state index contributed by atoms with van der Waals surface area (Å²) in [6, 6.07) is 4.91. The number of likely N-dealkylation sites (N-methyl/N-ethyl adjacent to an activating group) is 1. The average Bonchev–Trinajstić information content (AvgIpc) is 2.90. The average molecular weight is 409 g/mol. The van der Waals surface area contributed by atoms with Gasteiger partial charge in [-0.2, -0.15) is 0 Å². The molecule has 1 aliphatic heterocycles. The second-order valence-corrected chi connectivity index (χ2v) is 9.30. The molecule has 0 spiro atoms. The van der Waals surface area contributed by atoms with Crippen LogP contribution in [0.5, 0.6) is 0 Å². The molecule has 26 heavy (non-hydrogen) atoms. The third kappa shape index (κ3) is 4.29. The first-order valence-corrected chi connectivity index (χ1v) is 10.8. The number of hydrogen-bond acceptors (Lipinski definition) is 6. The van der Waals surface area contributed by atoms with E-state index in [9.17, 15) is 14.9 Å². The second kappa shape index (κ2) is 8.54. The lowest BCUT2D eigenvalue weighted by Gasteiger charge is -2.21. The zero-order valence-corrected chi connectivity index (χ0v) is 16.9. The van der Waals surface area contributed by atoms with Gasteiger partial charge in [-0.3, -0.25) is 19.8 Å². The van der Waals surface area contributed by atoms with Crippen LogP contribution >= 0.6 is 35.7 Å². The summed E-state index contributed by atoms with van der Waals surface area (Å²) in [6.07, 6.45) is 7.83. The highest BCUT2D eigenvalue weighted by atomic mass is 32.2. The third-order valence-corrected chi connectivity index (χ3v) is 7.33. The Bertz CT molecular complexity index is 773. The quantitative estimate of drug-likeness (QED) is 0.287. The first-order valence-electron chi connectivity index (χ1n) is 8.70. The van der Waals surface area contributed by atoms with Gasteiger partial charge in [-0.25, -0.2) is 0 Å². The van der Waals surface area contributed by atoms with Gasteiger partial charge in [0.25, 0.3) is 11.6 Å². The van der Waals surface area contributed by atoms with Crippen LogP contribution in [0.25, 0.3) is 6.08 Å². The van der Waals surface area contributed by atoms with Crippen molar-refractivity contribution in [2.45, 2.75) is 49.2 Å². The van der Waals surface area contributed by atoms with Crippen molar-refractivity contribution < 1.29 is 9.72 Å². The van der Waals surface area contributed by atoms with Crippen molar-refractivity contribution in [2.75, 3.05) is 6.54 Å². The van der Waals surface area contributed by atoms with Crippen molar-refractivity contribution in [3.8, 4) is 0 Å². The Morgan fingerprint density at radius 2 is 2.12 bits per heavy atom. The maximum absolute atomic E-state index is 12.5. The molecule has 0 atom stereocenters. The number of thioether (sulfide) groups is 2. The maximum Gasteiger partial charge on any atom is 0.270 e. The van der Waals surface area contributed by atoms with E-state index in [1.54, 1.807) is 34.9 Å². The van der Waals surface area contributed by atoms with Gasteiger partial charge >= 0.3 is 0 Å². The molecule has 1 aromatic carbocycles. The number of carbonyl (C=O) groups excluding carboxylic acids is 1. The molecule has 1 aromatic rings. The highest BCUT2D eigenvalue weighted by molar-refractivity contribution is 8.26. The lowest BCUT2D eigenvalue weighted by Crippen LogP contribution is -2.27. The van der Waals surface area contributed by atoms with Crippen molar-refractivity contribution in [3.05, 3.63) is 38.8 Å². The lowest BCUT2D eigenvalue weighted by molar-refractivity contribution is -0.384. The highest BCUT2D eigenvalue weighted by Gasteiger charge is 2.31. The monoisotopic (exact) mass is 408 g/mol. The molecule has 0 aromatic heterocycles. The summed E-state index contributed by atoms with van der Waals surface area (Å²) in [5, 5.41) is 11.7. The van der Waals surface area contributed by atoms with Crippen LogP contribution < -0.4 is 0 Å². The normalized spacial score (nSPS) is 20.2. The van der Waals surface area contributed by atoms with Gasteiger partial charge in [-0.1, -0.05) is 43.2 Å². The summed E-state index contributed by atoms with van der Waals surface area (Å²) in [5.74, 6) is -0.123. The summed E-state index contributed by atoms with van der Waals surface area (Å²) < 4.78 is 0.538. The van der Waals surface area contributed by atoms with Gasteiger partial charge < -0.3 is 0 Å². The van der Waals surface area contributed by atoms with Gasteiger partial charge in [0, 0.05) is 28.8 Å². The molecule has 1 aliphatic carbocycles. The fourth-order valence-electron chi connectivity index (χ4n) is 3.15. The molecule has 0 bridgehead atoms. The minimum Gasteiger partial charge on any atom is -0.293 e. The number of carbonyl (C=O) groups is 1. The van der Waals surface area contributed by atoms with Gasteiger partial charge in [0.1, 0.15) is 4.32 Å². The molecule has 1 heterocycles. The Morgan fingerprint density at radius 3 is 2.73 bits per heavy atom. The van der Waals surface area contributed by atoms with E-state index in [4.69, 9.17) is 12.2 Å². The van der Waals surface area contributed by atoms with Crippen molar-refractivity contribution in [1.29, 1.82) is 0 Å². The molecule has 0 radical (unpaired) electrons. The fraction of sp³-hybridized carbons (Fsp3) is 0.444. The van der Waals surface area contributed by atoms with Crippen LogP contribution in [0, 0.1) is 10.1 Å². The minimum absolute atomic E-state index is 0.0372. The largest absolute Gasteiger partial charge is 0.293 e. The van der Waals surface area contributed by atoms with Crippen LogP contribution in [0.15, 0.2) is 28.0 Å². The maximum atomic E-state index is 12.5. The van der Waals surface area contributed by atoms with Gasteiger partial charge in [-0.15, -0.1) is 11.8 Å². The smallest absolute Gasteiger partial charge is 0.270 e. The molecule has 2 aliphatic rings. The van der Waals surface area contributed by atoms with E-state index >= 15 is 0 Å². The predicted octanol–water partition coefficient (Wildman–Crippen LogP) is 5.24. The Kier molecular flexibility index (Phi) is 6.37. The number of thiocarbonyl (C=S) groups is 1. The van der Waals surface area contributed by atoms with Crippen molar-refractivity contribution >= 4 is 57.7 Å². The van der Waals surface area contributed by atoms with Crippen LogP contribution in [0.1, 0.15) is 44.6 Å². The molecular formula is C18H20N2O3S3. The summed E-state index contributed by atoms with van der Waals surface area (Å²) in [6.45, 7) is 2.41. The SMILES string of the molecule is CCN1C(=O)C(=Cc2cc([N+](=O)[O-])ccc2SC2CCCCC2)SC1=S. The van der Waals surface area contributed by atoms with Crippen LogP contribution in [-0.2, 0) is 4.79 Å². The number of non-ortho nitro benzene ring substituents is 1. The van der Waals surface area contributed by atoms with E-state index in [1.165, 1.54) is 43.9 Å². The number of nitro benzene ring substituents is 1. The Hall–Kier alpha value is -1.38. The molecular weight excluding hydrogens is 388 g/mol. The van der Waals surface area contributed by atoms with E-state index in [0.717, 1.165) is 10.5 Å². The number of benzene rings is 1. The molecule has 0 unspecified atom stereocenters. The van der Waals surface area contributed by atoms with Gasteiger partial charge in [0.05, 0.1) is 9.83 Å². The van der Waals surface area contributed by atoms with Gasteiger partial charge in [0.15, 0.2) is 0 Å². The topological polar surface area (TPSA) is 63.5 Å². The lowest BCUT2D eigenvalue weighted by atomic mass is 10.0. The molecule has 2 fully saturated rings. The number of nitro groups is 1. The van der Waals surface area contributed by atoms with Crippen LogP contribution in [-0.4, -0.2) is 31.8 Å². The summed E-state index contributed by atoms with van der Waals surface area (Å²) in [5.41, 5.74) is 0.765. The second-order valence-electron chi connectivity index (χ2n) is 6.28. The van der Waals surface area contributed by atoms with E-state index in [2.05, 4.69) is 0 Å². The number of rotatable bonds is 5. The third-order valence-electron chi connectivity index (χ3n) is 4.53. The molecule has 8 heteroatoms. The molecule has 1 saturated carbocycles. The van der Waals surface area contributed by atoms with Crippen molar-refractivity contribution in [2.24, 2.45) is 0 Å². The van der Waals surface area contributed by atoms with Crippen LogP contribution in [0.2, 0.25) is 0 Å². The Morgan fingerprint density at radius 1 is 1.38 bits per heavy atom. The minimum atomic E-state index is -0.399. The predicted molar refractivity (Wildman–Crippen MR) is 111 cm³/mol. The number of hydrogen-bond donors (Lipinski definition) is 0. The standard InChI is InChI=1S/C18H20N2O3S3/c1-2-19-17(21)16(26-18(19)24)11-12-10-13(20(22)23)8-9-15(12)25-14-6-4-3-5-7-14/h8-11,14H,2-7H2,1H3. The zero-order chi connectivity index (χ0) is 18.7. The fourth-order valence-corrected chi connectivity index (χ4v) is 5.85. The van der Waals surface area contributed by atoms with Gasteiger partial charge in [-0.05, 0) is 37.5 Å². The first-order chi connectivity index (χ1) is 12.5. The van der Waals surface area contributed by atoms with E-state index in [-0.39, 0.29) is 11.6 Å². The summed E-state index contributed by atoms with van der Waals surface area (Å²) in [4.78, 5) is 26.3. The van der Waals surface area contributed by atoms with Gasteiger partial charge in [0.2, 0.25) is 0 Å². The highest BCUT2D eigenvalue weighted by Crippen LogP contribution is 2.39. The van der Waals surface area contributed by atoms with E-state index < -0.39 is 4.92 Å². The van der Waals surface area contributed by atoms with E-state index in [1.807, 2.05) is 13.0 Å². The molecule has 1 saturated heterocycles. The molecule has 5 nitrogen and oxygen atoms in total. The molecule has 1 amide bonds. The first kappa shape index (κ1) is 19.4. The number of amides is 1. The summed E-state index contributed by atoms with van der Waals surface area (Å²) in [7, 11) is 0. The van der Waals surface area contributed by atoms with Crippen molar-refractivity contribution in [3.63, 3.8) is 0 Å². The Balaban J connectivity index is 1.93. The zero-order valence-electron chi connectivity index (χ0n) is 14.5. The summed E-state index contributed by atoms with van der Waals surface area (Å²) >= 11 is 8.28. The van der Waals surface area contributed by atoms with Crippen molar-refractivity contribution in [1.82, 2.24) is 4.90 Å². The van der Waals surface area contributed by atoms with Crippen LogP contribution in [0.4, 0.5) is 5.69 Å².